The van der Waals surface area contributed by atoms with E-state index in [9.17, 15) is 4.79 Å². The Morgan fingerprint density at radius 1 is 1.15 bits per heavy atom. The van der Waals surface area contributed by atoms with Gasteiger partial charge in [0.25, 0.3) is 0 Å². The summed E-state index contributed by atoms with van der Waals surface area (Å²) in [5.74, 6) is -0.115. The standard InChI is InChI=1S/C17H11Cl2N5OS/c18-9-5-6-11(19)13(7-9)20-14(25)8-26-17-22-16-15(23-24-17)10-3-1-2-4-12(10)21-16/h1-7H,8H2,(H,20,25)(H,21,22,24). The number of para-hydroxylation sites is 1. The molecule has 0 saturated heterocycles. The van der Waals surface area contributed by atoms with Gasteiger partial charge in [-0.15, -0.1) is 10.2 Å². The number of hydrogen-bond acceptors (Lipinski definition) is 5. The van der Waals surface area contributed by atoms with E-state index < -0.39 is 0 Å². The zero-order valence-corrected chi connectivity index (χ0v) is 15.5. The van der Waals surface area contributed by atoms with Crippen LogP contribution >= 0.6 is 35.0 Å². The normalized spacial score (nSPS) is 11.2. The van der Waals surface area contributed by atoms with E-state index in [1.54, 1.807) is 18.2 Å². The summed E-state index contributed by atoms with van der Waals surface area (Å²) in [6.45, 7) is 0. The molecule has 0 atom stereocenters. The predicted octanol–water partition coefficient (Wildman–Crippen LogP) is 4.54. The van der Waals surface area contributed by atoms with Crippen molar-refractivity contribution in [3.8, 4) is 0 Å². The summed E-state index contributed by atoms with van der Waals surface area (Å²) >= 11 is 13.1. The maximum Gasteiger partial charge on any atom is 0.234 e. The Kier molecular flexibility index (Phi) is 4.67. The van der Waals surface area contributed by atoms with Gasteiger partial charge < -0.3 is 10.3 Å². The van der Waals surface area contributed by atoms with E-state index in [2.05, 4.69) is 25.5 Å². The van der Waals surface area contributed by atoms with Crippen molar-refractivity contribution in [3.63, 3.8) is 0 Å². The molecule has 26 heavy (non-hydrogen) atoms. The van der Waals surface area contributed by atoms with Crippen molar-refractivity contribution in [3.05, 3.63) is 52.5 Å². The second kappa shape index (κ2) is 7.11. The van der Waals surface area contributed by atoms with E-state index in [0.29, 0.717) is 32.1 Å². The Balaban J connectivity index is 1.48. The van der Waals surface area contributed by atoms with Crippen molar-refractivity contribution in [2.24, 2.45) is 0 Å². The molecule has 0 fully saturated rings. The summed E-state index contributed by atoms with van der Waals surface area (Å²) in [5.41, 5.74) is 2.76. The average Bonchev–Trinajstić information content (AvgIpc) is 3.01. The van der Waals surface area contributed by atoms with Crippen LogP contribution in [0.25, 0.3) is 22.1 Å². The number of aromatic nitrogens is 4. The molecule has 6 nitrogen and oxygen atoms in total. The summed E-state index contributed by atoms with van der Waals surface area (Å²) in [5, 5.41) is 13.3. The van der Waals surface area contributed by atoms with Crippen molar-refractivity contribution in [2.75, 3.05) is 11.1 Å². The maximum absolute atomic E-state index is 12.1. The first-order valence-electron chi connectivity index (χ1n) is 7.59. The Bertz CT molecular complexity index is 1130. The summed E-state index contributed by atoms with van der Waals surface area (Å²) < 4.78 is 0. The average molecular weight is 404 g/mol. The number of thioether (sulfide) groups is 1. The molecule has 1 amide bonds. The van der Waals surface area contributed by atoms with E-state index in [4.69, 9.17) is 23.2 Å². The molecule has 4 aromatic rings. The number of nitrogens with zero attached hydrogens (tertiary/aromatic N) is 3. The van der Waals surface area contributed by atoms with Gasteiger partial charge >= 0.3 is 0 Å². The summed E-state index contributed by atoms with van der Waals surface area (Å²) in [4.78, 5) is 19.8. The van der Waals surface area contributed by atoms with Crippen LogP contribution in [0, 0.1) is 0 Å². The van der Waals surface area contributed by atoms with Gasteiger partial charge in [0.15, 0.2) is 5.65 Å². The Morgan fingerprint density at radius 2 is 2.00 bits per heavy atom. The van der Waals surface area contributed by atoms with E-state index in [1.807, 2.05) is 24.3 Å². The highest BCUT2D eigenvalue weighted by Crippen LogP contribution is 2.26. The lowest BCUT2D eigenvalue weighted by molar-refractivity contribution is -0.113. The Hall–Kier alpha value is -2.35. The van der Waals surface area contributed by atoms with Crippen molar-refractivity contribution < 1.29 is 4.79 Å². The predicted molar refractivity (Wildman–Crippen MR) is 105 cm³/mol. The minimum Gasteiger partial charge on any atom is -0.338 e. The lowest BCUT2D eigenvalue weighted by atomic mass is 10.2. The number of nitrogens with one attached hydrogen (secondary N) is 2. The highest BCUT2D eigenvalue weighted by molar-refractivity contribution is 7.99. The third-order valence-electron chi connectivity index (χ3n) is 3.64. The molecule has 0 spiro atoms. The number of carbonyl (C=O) groups excluding carboxylic acids is 1. The molecule has 4 rings (SSSR count). The third kappa shape index (κ3) is 3.46. The van der Waals surface area contributed by atoms with Crippen molar-refractivity contribution in [2.45, 2.75) is 5.16 Å². The van der Waals surface area contributed by atoms with Crippen LogP contribution in [-0.2, 0) is 4.79 Å². The van der Waals surface area contributed by atoms with Gasteiger partial charge in [-0.25, -0.2) is 4.98 Å². The maximum atomic E-state index is 12.1. The number of fused-ring (bicyclic) bond motifs is 3. The molecule has 130 valence electrons. The van der Waals surface area contributed by atoms with Gasteiger partial charge in [0.05, 0.1) is 16.5 Å². The molecule has 0 aliphatic carbocycles. The number of H-pyrrole nitrogens is 1. The first-order valence-corrected chi connectivity index (χ1v) is 9.33. The third-order valence-corrected chi connectivity index (χ3v) is 5.04. The van der Waals surface area contributed by atoms with E-state index in [-0.39, 0.29) is 11.7 Å². The van der Waals surface area contributed by atoms with Gasteiger partial charge in [0.2, 0.25) is 11.1 Å². The summed E-state index contributed by atoms with van der Waals surface area (Å²) in [6.07, 6.45) is 0. The number of halogens is 2. The number of anilines is 1. The monoisotopic (exact) mass is 403 g/mol. The molecule has 9 heteroatoms. The number of rotatable bonds is 4. The van der Waals surface area contributed by atoms with Crippen LogP contribution in [0.4, 0.5) is 5.69 Å². The second-order valence-corrected chi connectivity index (χ2v) is 7.21. The van der Waals surface area contributed by atoms with Crippen molar-refractivity contribution >= 4 is 68.6 Å². The van der Waals surface area contributed by atoms with Crippen LogP contribution in [0.2, 0.25) is 10.0 Å². The van der Waals surface area contributed by atoms with E-state index in [1.165, 1.54) is 11.8 Å². The fraction of sp³-hybridized carbons (Fsp3) is 0.0588. The van der Waals surface area contributed by atoms with Gasteiger partial charge in [-0.2, -0.15) is 0 Å². The number of aromatic amines is 1. The lowest BCUT2D eigenvalue weighted by Crippen LogP contribution is -2.14. The number of benzene rings is 2. The Labute approximate surface area is 162 Å². The largest absolute Gasteiger partial charge is 0.338 e. The van der Waals surface area contributed by atoms with E-state index in [0.717, 1.165) is 10.9 Å². The first kappa shape index (κ1) is 17.1. The molecule has 0 aliphatic rings. The molecule has 0 radical (unpaired) electrons. The smallest absolute Gasteiger partial charge is 0.234 e. The minimum absolute atomic E-state index is 0.121. The quantitative estimate of drug-likeness (QED) is 0.488. The second-order valence-electron chi connectivity index (χ2n) is 5.42. The van der Waals surface area contributed by atoms with Crippen LogP contribution < -0.4 is 5.32 Å². The van der Waals surface area contributed by atoms with Crippen LogP contribution in [0.1, 0.15) is 0 Å². The first-order chi connectivity index (χ1) is 12.6. The molecular weight excluding hydrogens is 393 g/mol. The zero-order chi connectivity index (χ0) is 18.1. The van der Waals surface area contributed by atoms with Crippen LogP contribution in [0.3, 0.4) is 0 Å². The number of hydrogen-bond donors (Lipinski definition) is 2. The number of carbonyl (C=O) groups is 1. The lowest BCUT2D eigenvalue weighted by Gasteiger charge is -2.07. The fourth-order valence-corrected chi connectivity index (χ4v) is 3.40. The van der Waals surface area contributed by atoms with Gasteiger partial charge in [-0.1, -0.05) is 53.2 Å². The molecule has 0 unspecified atom stereocenters. The summed E-state index contributed by atoms with van der Waals surface area (Å²) in [6, 6.07) is 12.7. The molecule has 0 bridgehead atoms. The Morgan fingerprint density at radius 3 is 2.88 bits per heavy atom. The van der Waals surface area contributed by atoms with Gasteiger partial charge in [-0.3, -0.25) is 4.79 Å². The summed E-state index contributed by atoms with van der Waals surface area (Å²) in [7, 11) is 0. The number of amides is 1. The van der Waals surface area contributed by atoms with E-state index >= 15 is 0 Å². The topological polar surface area (TPSA) is 83.6 Å². The fourth-order valence-electron chi connectivity index (χ4n) is 2.48. The molecule has 2 N–H and O–H groups in total. The minimum atomic E-state index is -0.237. The molecule has 0 aliphatic heterocycles. The molecule has 2 aromatic carbocycles. The SMILES string of the molecule is O=C(CSc1nnc2c(n1)[nH]c1ccccc12)Nc1cc(Cl)ccc1Cl. The van der Waals surface area contributed by atoms with Gasteiger partial charge in [0, 0.05) is 15.9 Å². The van der Waals surface area contributed by atoms with Crippen LogP contribution in [-0.4, -0.2) is 31.8 Å². The van der Waals surface area contributed by atoms with Crippen LogP contribution in [0.15, 0.2) is 47.6 Å². The molecule has 2 heterocycles. The van der Waals surface area contributed by atoms with Gasteiger partial charge in [0.1, 0.15) is 5.52 Å². The van der Waals surface area contributed by atoms with Gasteiger partial charge in [-0.05, 0) is 24.3 Å². The van der Waals surface area contributed by atoms with Crippen molar-refractivity contribution in [1.82, 2.24) is 20.2 Å². The van der Waals surface area contributed by atoms with Crippen molar-refractivity contribution in [1.29, 1.82) is 0 Å². The molecule has 0 saturated carbocycles. The molecule has 2 aromatic heterocycles. The molecular formula is C17H11Cl2N5OS. The highest BCUT2D eigenvalue weighted by Gasteiger charge is 2.12. The van der Waals surface area contributed by atoms with Crippen LogP contribution in [0.5, 0.6) is 0 Å². The highest BCUT2D eigenvalue weighted by atomic mass is 35.5. The zero-order valence-electron chi connectivity index (χ0n) is 13.2.